The maximum atomic E-state index is 11.4. The minimum absolute atomic E-state index is 0.0920. The molecule has 17 heavy (non-hydrogen) atoms. The van der Waals surface area contributed by atoms with Crippen LogP contribution in [0.15, 0.2) is 22.8 Å². The number of esters is 1. The van der Waals surface area contributed by atoms with Gasteiger partial charge in [0.15, 0.2) is 12.6 Å². The van der Waals surface area contributed by atoms with E-state index in [1.807, 2.05) is 0 Å². The minimum atomic E-state index is -0.710. The summed E-state index contributed by atoms with van der Waals surface area (Å²) in [6.45, 7) is -0.710. The number of ether oxygens (including phenoxy) is 1. The zero-order valence-electron chi connectivity index (χ0n) is 9.05. The van der Waals surface area contributed by atoms with Gasteiger partial charge in [-0.3, -0.25) is 14.4 Å². The summed E-state index contributed by atoms with van der Waals surface area (Å²) in [5.74, 6) is -1.35. The van der Waals surface area contributed by atoms with Crippen molar-refractivity contribution < 1.29 is 28.6 Å². The average molecular weight is 240 g/mol. The molecule has 0 atom stereocenters. The van der Waals surface area contributed by atoms with Gasteiger partial charge in [-0.05, 0) is 12.1 Å². The van der Waals surface area contributed by atoms with Gasteiger partial charge >= 0.3 is 5.97 Å². The molecule has 0 aliphatic rings. The summed E-state index contributed by atoms with van der Waals surface area (Å²) < 4.78 is 9.06. The van der Waals surface area contributed by atoms with Crippen LogP contribution in [-0.4, -0.2) is 29.4 Å². The maximum absolute atomic E-state index is 11.4. The lowest BCUT2D eigenvalue weighted by Crippen LogP contribution is -2.11. The predicted octanol–water partition coefficient (Wildman–Crippen LogP) is 0.695. The lowest BCUT2D eigenvalue weighted by molar-refractivity contribution is -0.152. The van der Waals surface area contributed by atoms with Gasteiger partial charge in [0.2, 0.25) is 5.78 Å². The fraction of sp³-hybridized carbons (Fsp3) is 0.364. The van der Waals surface area contributed by atoms with Crippen molar-refractivity contribution in [3.63, 3.8) is 0 Å². The Morgan fingerprint density at radius 2 is 2.06 bits per heavy atom. The molecule has 0 radical (unpaired) electrons. The molecule has 0 spiro atoms. The number of Topliss-reactive ketones (excluding diaryl/α,β-unsaturated/α-hetero) is 2. The Morgan fingerprint density at radius 3 is 2.65 bits per heavy atom. The van der Waals surface area contributed by atoms with E-state index in [1.165, 1.54) is 12.3 Å². The Bertz CT molecular complexity index is 392. The first-order valence-electron chi connectivity index (χ1n) is 4.98. The van der Waals surface area contributed by atoms with E-state index >= 15 is 0 Å². The fourth-order valence-corrected chi connectivity index (χ4v) is 1.18. The number of hydrogen-bond acceptors (Lipinski definition) is 6. The van der Waals surface area contributed by atoms with Crippen LogP contribution in [0.3, 0.4) is 0 Å². The summed E-state index contributed by atoms with van der Waals surface area (Å²) in [4.78, 5) is 33.6. The van der Waals surface area contributed by atoms with E-state index in [1.54, 1.807) is 6.07 Å². The molecular weight excluding hydrogens is 228 g/mol. The third kappa shape index (κ3) is 4.60. The molecule has 1 aromatic heterocycles. The summed E-state index contributed by atoms with van der Waals surface area (Å²) in [7, 11) is 0. The summed E-state index contributed by atoms with van der Waals surface area (Å²) in [5.41, 5.74) is 0. The highest BCUT2D eigenvalue weighted by molar-refractivity contribution is 6.06. The monoisotopic (exact) mass is 240 g/mol. The highest BCUT2D eigenvalue weighted by atomic mass is 16.6. The zero-order chi connectivity index (χ0) is 12.7. The molecule has 1 aromatic rings. The molecule has 0 saturated carbocycles. The number of rotatable bonds is 7. The lowest BCUT2D eigenvalue weighted by atomic mass is 10.1. The first-order chi connectivity index (χ1) is 8.13. The molecule has 0 aliphatic heterocycles. The van der Waals surface area contributed by atoms with E-state index in [2.05, 4.69) is 4.74 Å². The molecule has 0 saturated heterocycles. The number of carbonyl (C=O) groups is 3. The molecule has 0 aromatic carbocycles. The average Bonchev–Trinajstić information content (AvgIpc) is 2.80. The molecular formula is C11H12O6. The molecule has 0 unspecified atom stereocenters. The van der Waals surface area contributed by atoms with Gasteiger partial charge < -0.3 is 14.3 Å². The second-order valence-electron chi connectivity index (χ2n) is 3.26. The van der Waals surface area contributed by atoms with Gasteiger partial charge in [0.25, 0.3) is 0 Å². The van der Waals surface area contributed by atoms with Gasteiger partial charge in [-0.25, -0.2) is 0 Å². The van der Waals surface area contributed by atoms with Gasteiger partial charge in [0.1, 0.15) is 5.78 Å². The van der Waals surface area contributed by atoms with Crippen LogP contribution >= 0.6 is 0 Å². The highest BCUT2D eigenvalue weighted by Crippen LogP contribution is 2.06. The molecule has 0 bridgehead atoms. The van der Waals surface area contributed by atoms with Crippen molar-refractivity contribution in [2.24, 2.45) is 0 Å². The number of aliphatic hydroxyl groups is 1. The first-order valence-corrected chi connectivity index (χ1v) is 4.98. The van der Waals surface area contributed by atoms with Crippen LogP contribution in [-0.2, 0) is 14.3 Å². The fourth-order valence-electron chi connectivity index (χ4n) is 1.18. The van der Waals surface area contributed by atoms with Gasteiger partial charge in [0.05, 0.1) is 19.1 Å². The normalized spacial score (nSPS) is 9.94. The number of carbonyl (C=O) groups excluding carboxylic acids is 3. The van der Waals surface area contributed by atoms with Gasteiger partial charge in [-0.15, -0.1) is 0 Å². The summed E-state index contributed by atoms with van der Waals surface area (Å²) in [5, 5.41) is 8.28. The van der Waals surface area contributed by atoms with Crippen LogP contribution in [0.1, 0.15) is 29.8 Å². The largest absolute Gasteiger partial charge is 0.461 e. The Hall–Kier alpha value is -1.95. The zero-order valence-corrected chi connectivity index (χ0v) is 9.05. The van der Waals surface area contributed by atoms with Crippen LogP contribution in [0.5, 0.6) is 0 Å². The lowest BCUT2D eigenvalue weighted by Gasteiger charge is -2.00. The SMILES string of the molecule is O=C(CCC(=O)OCO)CC(=O)c1ccco1. The third-order valence-electron chi connectivity index (χ3n) is 1.99. The molecule has 6 heteroatoms. The number of ketones is 2. The maximum Gasteiger partial charge on any atom is 0.308 e. The van der Waals surface area contributed by atoms with E-state index in [0.29, 0.717) is 0 Å². The summed E-state index contributed by atoms with van der Waals surface area (Å²) >= 11 is 0. The highest BCUT2D eigenvalue weighted by Gasteiger charge is 2.15. The molecule has 1 rings (SSSR count). The number of furan rings is 1. The smallest absolute Gasteiger partial charge is 0.308 e. The van der Waals surface area contributed by atoms with Crippen LogP contribution in [0.2, 0.25) is 0 Å². The first kappa shape index (κ1) is 13.1. The van der Waals surface area contributed by atoms with Crippen LogP contribution in [0, 0.1) is 0 Å². The van der Waals surface area contributed by atoms with Gasteiger partial charge in [-0.2, -0.15) is 0 Å². The Morgan fingerprint density at radius 1 is 1.29 bits per heavy atom. The number of hydrogen-bond donors (Lipinski definition) is 1. The van der Waals surface area contributed by atoms with Crippen molar-refractivity contribution >= 4 is 17.5 Å². The van der Waals surface area contributed by atoms with E-state index in [4.69, 9.17) is 9.52 Å². The molecule has 1 N–H and O–H groups in total. The van der Waals surface area contributed by atoms with Crippen molar-refractivity contribution in [1.29, 1.82) is 0 Å². The Labute approximate surface area is 97.2 Å². The van der Waals surface area contributed by atoms with Crippen LogP contribution < -0.4 is 0 Å². The topological polar surface area (TPSA) is 93.8 Å². The van der Waals surface area contributed by atoms with Crippen molar-refractivity contribution in [1.82, 2.24) is 0 Å². The van der Waals surface area contributed by atoms with Crippen LogP contribution in [0.25, 0.3) is 0 Å². The Balaban J connectivity index is 2.30. The standard InChI is InChI=1S/C11H12O6/c12-7-17-11(15)4-3-8(13)6-9(14)10-2-1-5-16-10/h1-2,5,12H,3-4,6-7H2. The summed E-state index contributed by atoms with van der Waals surface area (Å²) in [6, 6.07) is 3.02. The molecule has 92 valence electrons. The Kier molecular flexibility index (Phi) is 5.09. The van der Waals surface area contributed by atoms with Gasteiger partial charge in [-0.1, -0.05) is 0 Å². The van der Waals surface area contributed by atoms with Crippen molar-refractivity contribution in [2.45, 2.75) is 19.3 Å². The van der Waals surface area contributed by atoms with E-state index in [0.717, 1.165) is 0 Å². The van der Waals surface area contributed by atoms with Crippen LogP contribution in [0.4, 0.5) is 0 Å². The summed E-state index contributed by atoms with van der Waals surface area (Å²) in [6.07, 6.45) is 0.798. The predicted molar refractivity (Wildman–Crippen MR) is 55.1 cm³/mol. The van der Waals surface area contributed by atoms with E-state index < -0.39 is 18.5 Å². The molecule has 0 aliphatic carbocycles. The molecule has 6 nitrogen and oxygen atoms in total. The minimum Gasteiger partial charge on any atom is -0.461 e. The van der Waals surface area contributed by atoms with Crippen molar-refractivity contribution in [3.8, 4) is 0 Å². The second kappa shape index (κ2) is 6.59. The molecule has 0 fully saturated rings. The van der Waals surface area contributed by atoms with Gasteiger partial charge in [0, 0.05) is 6.42 Å². The number of aliphatic hydroxyl groups excluding tert-OH is 1. The van der Waals surface area contributed by atoms with Crippen molar-refractivity contribution in [3.05, 3.63) is 24.2 Å². The second-order valence-corrected chi connectivity index (χ2v) is 3.26. The molecule has 0 amide bonds. The van der Waals surface area contributed by atoms with Crippen molar-refractivity contribution in [2.75, 3.05) is 6.79 Å². The quantitative estimate of drug-likeness (QED) is 0.326. The molecule has 1 heterocycles. The third-order valence-corrected chi connectivity index (χ3v) is 1.99. The van der Waals surface area contributed by atoms with E-state index in [-0.39, 0.29) is 30.8 Å². The van der Waals surface area contributed by atoms with E-state index in [9.17, 15) is 14.4 Å².